The molecular weight excluding hydrogens is 789 g/mol. The predicted molar refractivity (Wildman–Crippen MR) is 279 cm³/mol. The maximum absolute atomic E-state index is 12.8. The van der Waals surface area contributed by atoms with Crippen LogP contribution in [-0.4, -0.2) is 37.9 Å². The number of carbonyl (C=O) groups excluding carboxylic acids is 2. The molecule has 0 N–H and O–H groups in total. The van der Waals surface area contributed by atoms with Crippen LogP contribution in [0.4, 0.5) is 0 Å². The number of allylic oxidation sites excluding steroid dienone is 11. The van der Waals surface area contributed by atoms with E-state index in [1.165, 1.54) is 167 Å². The lowest BCUT2D eigenvalue weighted by Crippen LogP contribution is -2.30. The third kappa shape index (κ3) is 52.0. The molecule has 1 atom stereocenters. The highest BCUT2D eigenvalue weighted by atomic mass is 16.6. The van der Waals surface area contributed by atoms with Gasteiger partial charge in [0, 0.05) is 12.8 Å². The van der Waals surface area contributed by atoms with Crippen molar-refractivity contribution in [1.82, 2.24) is 0 Å². The lowest BCUT2D eigenvalue weighted by molar-refractivity contribution is -0.162. The first kappa shape index (κ1) is 61.3. The van der Waals surface area contributed by atoms with Crippen LogP contribution in [-0.2, 0) is 23.8 Å². The first-order chi connectivity index (χ1) is 31.6. The van der Waals surface area contributed by atoms with Crippen molar-refractivity contribution in [2.24, 2.45) is 0 Å². The molecule has 0 aromatic rings. The molecule has 0 fully saturated rings. The van der Waals surface area contributed by atoms with Crippen molar-refractivity contribution in [1.29, 1.82) is 0 Å². The molecule has 0 saturated carbocycles. The first-order valence-electron chi connectivity index (χ1n) is 27.5. The molecule has 0 aliphatic heterocycles. The summed E-state index contributed by atoms with van der Waals surface area (Å²) in [5, 5.41) is 0. The van der Waals surface area contributed by atoms with Gasteiger partial charge in [0.15, 0.2) is 6.10 Å². The van der Waals surface area contributed by atoms with E-state index in [0.717, 1.165) is 64.2 Å². The third-order valence-electron chi connectivity index (χ3n) is 11.7. The molecule has 0 bridgehead atoms. The fourth-order valence-electron chi connectivity index (χ4n) is 7.69. The largest absolute Gasteiger partial charge is 0.462 e. The Bertz CT molecular complexity index is 1150. The Labute approximate surface area is 397 Å². The van der Waals surface area contributed by atoms with Gasteiger partial charge in [-0.3, -0.25) is 9.59 Å². The summed E-state index contributed by atoms with van der Waals surface area (Å²) in [6.45, 7) is 7.53. The van der Waals surface area contributed by atoms with Gasteiger partial charge >= 0.3 is 11.9 Å². The van der Waals surface area contributed by atoms with E-state index < -0.39 is 6.10 Å². The van der Waals surface area contributed by atoms with Crippen LogP contribution in [0.2, 0.25) is 0 Å². The van der Waals surface area contributed by atoms with Crippen LogP contribution in [0, 0.1) is 0 Å². The Kier molecular flexibility index (Phi) is 52.4. The molecule has 0 radical (unpaired) electrons. The van der Waals surface area contributed by atoms with Gasteiger partial charge in [0.25, 0.3) is 0 Å². The van der Waals surface area contributed by atoms with E-state index in [9.17, 15) is 9.59 Å². The van der Waals surface area contributed by atoms with E-state index in [4.69, 9.17) is 14.2 Å². The lowest BCUT2D eigenvalue weighted by Gasteiger charge is -2.18. The number of esters is 2. The predicted octanol–water partition coefficient (Wildman–Crippen LogP) is 18.7. The van der Waals surface area contributed by atoms with Gasteiger partial charge in [-0.05, 0) is 77.0 Å². The van der Waals surface area contributed by atoms with Gasteiger partial charge in [-0.1, -0.05) is 248 Å². The third-order valence-corrected chi connectivity index (χ3v) is 11.7. The maximum Gasteiger partial charge on any atom is 0.306 e. The van der Waals surface area contributed by atoms with Crippen molar-refractivity contribution in [3.8, 4) is 0 Å². The van der Waals surface area contributed by atoms with Gasteiger partial charge in [-0.25, -0.2) is 0 Å². The smallest absolute Gasteiger partial charge is 0.306 e. The van der Waals surface area contributed by atoms with Crippen LogP contribution in [0.3, 0.4) is 0 Å². The molecule has 1 unspecified atom stereocenters. The van der Waals surface area contributed by atoms with Crippen molar-refractivity contribution in [2.45, 2.75) is 271 Å². The number of unbranched alkanes of at least 4 members (excludes halogenated alkanes) is 27. The van der Waals surface area contributed by atoms with Crippen molar-refractivity contribution in [2.75, 3.05) is 19.8 Å². The van der Waals surface area contributed by atoms with E-state index in [0.29, 0.717) is 19.4 Å². The van der Waals surface area contributed by atoms with Crippen LogP contribution in [0.15, 0.2) is 72.9 Å². The molecule has 0 aliphatic rings. The summed E-state index contributed by atoms with van der Waals surface area (Å²) >= 11 is 0. The molecule has 370 valence electrons. The monoisotopic (exact) mass is 893 g/mol. The molecule has 5 heteroatoms. The van der Waals surface area contributed by atoms with Gasteiger partial charge in [0.2, 0.25) is 0 Å². The number of ether oxygens (including phenoxy) is 3. The summed E-state index contributed by atoms with van der Waals surface area (Å²) in [6.07, 6.45) is 70.8. The molecule has 0 rings (SSSR count). The minimum Gasteiger partial charge on any atom is -0.462 e. The van der Waals surface area contributed by atoms with Crippen molar-refractivity contribution < 1.29 is 23.8 Å². The Balaban J connectivity index is 4.32. The van der Waals surface area contributed by atoms with E-state index >= 15 is 0 Å². The second-order valence-corrected chi connectivity index (χ2v) is 18.1. The SMILES string of the molecule is CC/C=C\C/C=C\C/C=C\C/C=C\C/C=C\CCOCC(COC(=O)CCCCCCCCCCC/C=C\CCCCCCCC)OC(=O)CCCCCCCCCCCCCCC. The summed E-state index contributed by atoms with van der Waals surface area (Å²) in [5.74, 6) is -0.432. The average Bonchev–Trinajstić information content (AvgIpc) is 3.30. The second kappa shape index (κ2) is 54.7. The zero-order chi connectivity index (χ0) is 46.3. The molecule has 0 aromatic heterocycles. The normalized spacial score (nSPS) is 12.7. The van der Waals surface area contributed by atoms with Crippen molar-refractivity contribution >= 4 is 11.9 Å². The summed E-state index contributed by atoms with van der Waals surface area (Å²) in [5.41, 5.74) is 0. The summed E-state index contributed by atoms with van der Waals surface area (Å²) in [7, 11) is 0. The Morgan fingerprint density at radius 2 is 0.703 bits per heavy atom. The minimum atomic E-state index is -0.576. The van der Waals surface area contributed by atoms with Gasteiger partial charge in [0.1, 0.15) is 6.61 Å². The van der Waals surface area contributed by atoms with E-state index in [2.05, 4.69) is 93.7 Å². The Morgan fingerprint density at radius 1 is 0.359 bits per heavy atom. The van der Waals surface area contributed by atoms with E-state index in [-0.39, 0.29) is 25.2 Å². The molecule has 0 amide bonds. The van der Waals surface area contributed by atoms with E-state index in [1.54, 1.807) is 0 Å². The first-order valence-corrected chi connectivity index (χ1v) is 27.5. The highest BCUT2D eigenvalue weighted by Gasteiger charge is 2.17. The van der Waals surface area contributed by atoms with Gasteiger partial charge in [0.05, 0.1) is 13.2 Å². The molecule has 0 spiro atoms. The summed E-state index contributed by atoms with van der Waals surface area (Å²) < 4.78 is 17.3. The van der Waals surface area contributed by atoms with Crippen LogP contribution in [0.5, 0.6) is 0 Å². The zero-order valence-electron chi connectivity index (χ0n) is 42.5. The quantitative estimate of drug-likeness (QED) is 0.0346. The van der Waals surface area contributed by atoms with Crippen LogP contribution < -0.4 is 0 Å². The zero-order valence-corrected chi connectivity index (χ0v) is 42.5. The van der Waals surface area contributed by atoms with Gasteiger partial charge < -0.3 is 14.2 Å². The van der Waals surface area contributed by atoms with Crippen molar-refractivity contribution in [3.63, 3.8) is 0 Å². The number of rotatable bonds is 50. The average molecular weight is 893 g/mol. The van der Waals surface area contributed by atoms with Crippen molar-refractivity contribution in [3.05, 3.63) is 72.9 Å². The molecule has 5 nitrogen and oxygen atoms in total. The highest BCUT2D eigenvalue weighted by Crippen LogP contribution is 2.15. The minimum absolute atomic E-state index is 0.0553. The van der Waals surface area contributed by atoms with E-state index in [1.807, 2.05) is 0 Å². The number of carbonyl (C=O) groups is 2. The fourth-order valence-corrected chi connectivity index (χ4v) is 7.69. The second-order valence-electron chi connectivity index (χ2n) is 18.1. The summed E-state index contributed by atoms with van der Waals surface area (Å²) in [6, 6.07) is 0. The molecule has 0 aliphatic carbocycles. The highest BCUT2D eigenvalue weighted by molar-refractivity contribution is 5.70. The number of hydrogen-bond donors (Lipinski definition) is 0. The molecule has 0 heterocycles. The van der Waals surface area contributed by atoms with Gasteiger partial charge in [-0.2, -0.15) is 0 Å². The Morgan fingerprint density at radius 3 is 1.12 bits per heavy atom. The topological polar surface area (TPSA) is 61.8 Å². The fraction of sp³-hybridized carbons (Fsp3) is 0.763. The molecular formula is C59H104O5. The van der Waals surface area contributed by atoms with Crippen LogP contribution >= 0.6 is 0 Å². The summed E-state index contributed by atoms with van der Waals surface area (Å²) in [4.78, 5) is 25.4. The Hall–Kier alpha value is -2.66. The van der Waals surface area contributed by atoms with Crippen LogP contribution in [0.1, 0.15) is 265 Å². The molecule has 0 saturated heterocycles. The standard InChI is InChI=1S/C59H104O5/c1-4-7-10-13-16-19-22-25-27-29-30-31-32-35-37-40-43-46-49-52-58(60)63-56-57(64-59(61)53-50-47-44-41-38-34-24-21-18-15-12-9-6-3)55-62-54-51-48-45-42-39-36-33-28-26-23-20-17-14-11-8-5-2/h8,11,17,20,25-28,36,39,45,48,57H,4-7,9-10,12-16,18-19,21-24,29-35,37-38,40-44,46-47,49-56H2,1-3H3/b11-8-,20-17-,27-25-,28-26-,39-36-,48-45-. The van der Waals surface area contributed by atoms with Gasteiger partial charge in [-0.15, -0.1) is 0 Å². The molecule has 0 aromatic carbocycles. The molecule has 64 heavy (non-hydrogen) atoms. The number of hydrogen-bond acceptors (Lipinski definition) is 5. The van der Waals surface area contributed by atoms with Crippen LogP contribution in [0.25, 0.3) is 0 Å². The maximum atomic E-state index is 12.8. The lowest BCUT2D eigenvalue weighted by atomic mass is 10.0.